The van der Waals surface area contributed by atoms with E-state index in [0.717, 1.165) is 17.1 Å². The van der Waals surface area contributed by atoms with Crippen LogP contribution in [-0.4, -0.2) is 52.0 Å². The normalized spacial score (nSPS) is 12.8. The number of carbonyl (C=O) groups excluding carboxylic acids is 2. The lowest BCUT2D eigenvalue weighted by atomic mass is 10.2. The van der Waals surface area contributed by atoms with E-state index in [4.69, 9.17) is 14.2 Å². The molecule has 11 heteroatoms. The van der Waals surface area contributed by atoms with Crippen LogP contribution < -0.4 is 19.9 Å². The van der Waals surface area contributed by atoms with Crippen molar-refractivity contribution < 1.29 is 23.8 Å². The van der Waals surface area contributed by atoms with Gasteiger partial charge in [0.2, 0.25) is 0 Å². The molecular weight excluding hydrogens is 488 g/mol. The first-order valence-electron chi connectivity index (χ1n) is 12.5. The highest BCUT2D eigenvalue weighted by molar-refractivity contribution is 5.89. The summed E-state index contributed by atoms with van der Waals surface area (Å²) in [6, 6.07) is 9.03. The number of aromatic nitrogens is 3. The number of carbonyl (C=O) groups is 2. The largest absolute Gasteiger partial charge is 0.490 e. The summed E-state index contributed by atoms with van der Waals surface area (Å²) in [5.41, 5.74) is 2.61. The van der Waals surface area contributed by atoms with E-state index in [0.29, 0.717) is 43.3 Å². The molecule has 3 aromatic rings. The molecule has 0 aliphatic carbocycles. The number of nitrogens with zero attached hydrogens (tertiary/aromatic N) is 5. The second-order valence-corrected chi connectivity index (χ2v) is 9.93. The van der Waals surface area contributed by atoms with E-state index in [-0.39, 0.29) is 6.61 Å². The summed E-state index contributed by atoms with van der Waals surface area (Å²) in [5, 5.41) is 2.59. The number of aryl methyl sites for hydroxylation is 1. The number of benzene rings is 1. The highest BCUT2D eigenvalue weighted by atomic mass is 16.6. The Hall–Kier alpha value is -4.28. The summed E-state index contributed by atoms with van der Waals surface area (Å²) in [5.74, 6) is 1.07. The lowest BCUT2D eigenvalue weighted by Gasteiger charge is -2.32. The molecule has 0 unspecified atom stereocenters. The molecule has 0 fully saturated rings. The maximum absolute atomic E-state index is 13.1. The van der Waals surface area contributed by atoms with Crippen molar-refractivity contribution in [2.45, 2.75) is 46.4 Å². The maximum Gasteiger partial charge on any atom is 0.414 e. The first-order chi connectivity index (χ1) is 18.1. The summed E-state index contributed by atoms with van der Waals surface area (Å²) < 4.78 is 18.6. The zero-order chi connectivity index (χ0) is 27.3. The molecule has 3 heterocycles. The number of nitrogens with one attached hydrogen (secondary N) is 1. The van der Waals surface area contributed by atoms with Gasteiger partial charge in [-0.2, -0.15) is 0 Å². The second kappa shape index (κ2) is 11.4. The van der Waals surface area contributed by atoms with E-state index in [1.165, 1.54) is 6.20 Å². The van der Waals surface area contributed by atoms with Gasteiger partial charge < -0.3 is 23.7 Å². The highest BCUT2D eigenvalue weighted by Gasteiger charge is 2.23. The van der Waals surface area contributed by atoms with Crippen molar-refractivity contribution in [3.8, 4) is 5.75 Å². The molecule has 1 aromatic carbocycles. The van der Waals surface area contributed by atoms with Crippen LogP contribution in [-0.2, 0) is 29.7 Å². The molecule has 1 N–H and O–H groups in total. The Morgan fingerprint density at radius 3 is 2.71 bits per heavy atom. The molecular formula is C27H34N6O5. The molecule has 11 nitrogen and oxygen atoms in total. The third kappa shape index (κ3) is 6.93. The van der Waals surface area contributed by atoms with Crippen molar-refractivity contribution in [1.29, 1.82) is 0 Å². The third-order valence-electron chi connectivity index (χ3n) is 5.68. The van der Waals surface area contributed by atoms with Crippen molar-refractivity contribution >= 4 is 29.4 Å². The molecule has 4 rings (SSSR count). The topological polar surface area (TPSA) is 111 Å². The molecule has 1 aliphatic rings. The Labute approximate surface area is 222 Å². The van der Waals surface area contributed by atoms with Crippen LogP contribution in [0.2, 0.25) is 0 Å². The Kier molecular flexibility index (Phi) is 8.04. The van der Waals surface area contributed by atoms with Gasteiger partial charge in [-0.05, 0) is 63.6 Å². The second-order valence-electron chi connectivity index (χ2n) is 9.93. The summed E-state index contributed by atoms with van der Waals surface area (Å²) in [6.07, 6.45) is 4.21. The molecule has 202 valence electrons. The van der Waals surface area contributed by atoms with E-state index >= 15 is 0 Å². The zero-order valence-electron chi connectivity index (χ0n) is 22.4. The summed E-state index contributed by atoms with van der Waals surface area (Å²) in [7, 11) is 1.94. The van der Waals surface area contributed by atoms with Crippen LogP contribution >= 0.6 is 0 Å². The first kappa shape index (κ1) is 26.8. The number of rotatable bonds is 7. The van der Waals surface area contributed by atoms with Gasteiger partial charge in [0.25, 0.3) is 0 Å². The number of hydrogen-bond acceptors (Lipinski definition) is 8. The van der Waals surface area contributed by atoms with Gasteiger partial charge in [0.15, 0.2) is 0 Å². The summed E-state index contributed by atoms with van der Waals surface area (Å²) >= 11 is 0. The van der Waals surface area contributed by atoms with Gasteiger partial charge in [-0.15, -0.1) is 0 Å². The molecule has 2 aromatic heterocycles. The first-order valence-corrected chi connectivity index (χ1v) is 12.5. The molecule has 0 saturated heterocycles. The average Bonchev–Trinajstić information content (AvgIpc) is 3.27. The van der Waals surface area contributed by atoms with Gasteiger partial charge in [0.05, 0.1) is 30.8 Å². The minimum Gasteiger partial charge on any atom is -0.490 e. The predicted octanol–water partition coefficient (Wildman–Crippen LogP) is 4.72. The fraction of sp³-hybridized carbons (Fsp3) is 0.407. The minimum absolute atomic E-state index is 0.0146. The van der Waals surface area contributed by atoms with Crippen LogP contribution in [0.25, 0.3) is 0 Å². The van der Waals surface area contributed by atoms with E-state index < -0.39 is 17.8 Å². The predicted molar refractivity (Wildman–Crippen MR) is 143 cm³/mol. The van der Waals surface area contributed by atoms with E-state index in [1.54, 1.807) is 44.1 Å². The molecule has 0 spiro atoms. The maximum atomic E-state index is 13.1. The number of hydrogen-bond donors (Lipinski definition) is 1. The highest BCUT2D eigenvalue weighted by Crippen LogP contribution is 2.36. The zero-order valence-corrected chi connectivity index (χ0v) is 22.4. The Balaban J connectivity index is 1.42. The van der Waals surface area contributed by atoms with Crippen molar-refractivity contribution in [1.82, 2.24) is 14.5 Å². The van der Waals surface area contributed by atoms with Gasteiger partial charge in [-0.1, -0.05) is 0 Å². The monoisotopic (exact) mass is 522 g/mol. The van der Waals surface area contributed by atoms with Crippen LogP contribution in [0.1, 0.15) is 39.0 Å². The summed E-state index contributed by atoms with van der Waals surface area (Å²) in [6.45, 7) is 9.59. The van der Waals surface area contributed by atoms with Crippen LogP contribution in [0.5, 0.6) is 5.75 Å². The molecule has 38 heavy (non-hydrogen) atoms. The molecule has 0 radical (unpaired) electrons. The number of imidazole rings is 1. The molecule has 0 saturated carbocycles. The smallest absolute Gasteiger partial charge is 0.414 e. The van der Waals surface area contributed by atoms with Crippen LogP contribution in [0.4, 0.5) is 26.8 Å². The molecule has 0 atom stereocenters. The SMILES string of the molecule is CCN(C(=O)OCc1ccnc(NC(=O)OC(C)(C)C)c1)c1ccc2c(c1)N(Cc1cn(C)cn1)CCO2. The summed E-state index contributed by atoms with van der Waals surface area (Å²) in [4.78, 5) is 37.4. The van der Waals surface area contributed by atoms with Crippen molar-refractivity contribution in [2.75, 3.05) is 34.8 Å². The van der Waals surface area contributed by atoms with Gasteiger partial charge >= 0.3 is 12.2 Å². The van der Waals surface area contributed by atoms with Crippen LogP contribution in [0, 0.1) is 0 Å². The molecule has 2 amide bonds. The molecule has 0 bridgehead atoms. The Morgan fingerprint density at radius 1 is 1.18 bits per heavy atom. The van der Waals surface area contributed by atoms with Gasteiger partial charge in [0.1, 0.15) is 30.4 Å². The van der Waals surface area contributed by atoms with E-state index in [9.17, 15) is 9.59 Å². The van der Waals surface area contributed by atoms with E-state index in [2.05, 4.69) is 20.2 Å². The lowest BCUT2D eigenvalue weighted by molar-refractivity contribution is 0.0635. The number of pyridine rings is 1. The number of ether oxygens (including phenoxy) is 3. The van der Waals surface area contributed by atoms with Crippen molar-refractivity contribution in [3.05, 3.63) is 60.3 Å². The quantitative estimate of drug-likeness (QED) is 0.474. The lowest BCUT2D eigenvalue weighted by Crippen LogP contribution is -2.34. The minimum atomic E-state index is -0.626. The fourth-order valence-electron chi connectivity index (χ4n) is 4.02. The third-order valence-corrected chi connectivity index (χ3v) is 5.68. The number of fused-ring (bicyclic) bond motifs is 1. The van der Waals surface area contributed by atoms with Crippen LogP contribution in [0.15, 0.2) is 49.1 Å². The van der Waals surface area contributed by atoms with Gasteiger partial charge in [-0.3, -0.25) is 10.2 Å². The standard InChI is InChI=1S/C27H34N6O5/c1-6-33(26(35)37-17-19-9-10-28-24(13-19)30-25(34)38-27(2,3)4)21-7-8-23-22(14-21)32(11-12-36-23)16-20-15-31(5)18-29-20/h7-10,13-15,18H,6,11-12,16-17H2,1-5H3,(H,28,30,34). The van der Waals surface area contributed by atoms with Gasteiger partial charge in [-0.25, -0.2) is 19.6 Å². The molecule has 1 aliphatic heterocycles. The van der Waals surface area contributed by atoms with E-state index in [1.807, 2.05) is 42.9 Å². The fourth-order valence-corrected chi connectivity index (χ4v) is 4.02. The van der Waals surface area contributed by atoms with Crippen LogP contribution in [0.3, 0.4) is 0 Å². The van der Waals surface area contributed by atoms with Crippen molar-refractivity contribution in [3.63, 3.8) is 0 Å². The Bertz CT molecular complexity index is 1280. The number of anilines is 3. The van der Waals surface area contributed by atoms with Crippen molar-refractivity contribution in [2.24, 2.45) is 7.05 Å². The Morgan fingerprint density at radius 2 is 2.00 bits per heavy atom. The van der Waals surface area contributed by atoms with Gasteiger partial charge in [0, 0.05) is 31.7 Å². The number of amides is 2. The average molecular weight is 523 g/mol.